The molecule has 3 aliphatic rings. The lowest BCUT2D eigenvalue weighted by atomic mass is 9.85. The van der Waals surface area contributed by atoms with Crippen LogP contribution >= 0.6 is 0 Å². The molecule has 1 aromatic rings. The first-order chi connectivity index (χ1) is 13.3. The summed E-state index contributed by atoms with van der Waals surface area (Å²) in [6.45, 7) is 4.92. The van der Waals surface area contributed by atoms with Crippen molar-refractivity contribution in [2.75, 3.05) is 6.61 Å². The van der Waals surface area contributed by atoms with Gasteiger partial charge >= 0.3 is 5.97 Å². The van der Waals surface area contributed by atoms with Crippen LogP contribution in [0.3, 0.4) is 0 Å². The van der Waals surface area contributed by atoms with E-state index in [0.717, 1.165) is 22.4 Å². The van der Waals surface area contributed by atoms with Crippen molar-refractivity contribution in [1.82, 2.24) is 4.90 Å². The minimum atomic E-state index is -1.03. The van der Waals surface area contributed by atoms with E-state index in [2.05, 4.69) is 0 Å². The zero-order valence-electron chi connectivity index (χ0n) is 16.2. The lowest BCUT2D eigenvalue weighted by molar-refractivity contribution is -0.157. The lowest BCUT2D eigenvalue weighted by Crippen LogP contribution is -2.45. The molecule has 1 saturated heterocycles. The zero-order chi connectivity index (χ0) is 20.2. The molecule has 1 aliphatic heterocycles. The van der Waals surface area contributed by atoms with Crippen molar-refractivity contribution in [1.29, 1.82) is 0 Å². The molecule has 0 aromatic heterocycles. The van der Waals surface area contributed by atoms with Gasteiger partial charge in [-0.15, -0.1) is 0 Å². The van der Waals surface area contributed by atoms with E-state index < -0.39 is 18.6 Å². The van der Waals surface area contributed by atoms with Crippen molar-refractivity contribution < 1.29 is 23.9 Å². The molecule has 5 atom stereocenters. The SMILES string of the molecule is Cc1ccc(C(=O)COC(=O)[C@H](C)N2C(=O)[C@@H]3[C@H](C2=O)[C@H]2C=C[C@H]3C2)cc1C. The van der Waals surface area contributed by atoms with Crippen LogP contribution in [0.5, 0.6) is 0 Å². The maximum absolute atomic E-state index is 12.8. The fourth-order valence-corrected chi connectivity index (χ4v) is 4.67. The van der Waals surface area contributed by atoms with E-state index in [1.54, 1.807) is 12.1 Å². The minimum absolute atomic E-state index is 0.0889. The summed E-state index contributed by atoms with van der Waals surface area (Å²) in [5.41, 5.74) is 2.52. The van der Waals surface area contributed by atoms with E-state index in [0.29, 0.717) is 5.56 Å². The Hall–Kier alpha value is -2.76. The Labute approximate surface area is 163 Å². The highest BCUT2D eigenvalue weighted by atomic mass is 16.5. The van der Waals surface area contributed by atoms with Crippen LogP contribution in [0.1, 0.15) is 34.8 Å². The summed E-state index contributed by atoms with van der Waals surface area (Å²) in [6.07, 6.45) is 4.85. The molecule has 0 radical (unpaired) electrons. The maximum atomic E-state index is 12.8. The fraction of sp³-hybridized carbons (Fsp3) is 0.455. The second-order valence-corrected chi connectivity index (χ2v) is 8.05. The average molecular weight is 381 g/mol. The van der Waals surface area contributed by atoms with Gasteiger partial charge in [-0.2, -0.15) is 0 Å². The van der Waals surface area contributed by atoms with E-state index >= 15 is 0 Å². The molecule has 0 spiro atoms. The first-order valence-electron chi connectivity index (χ1n) is 9.62. The van der Waals surface area contributed by atoms with Gasteiger partial charge in [-0.3, -0.25) is 19.3 Å². The van der Waals surface area contributed by atoms with Crippen LogP contribution in [0.2, 0.25) is 0 Å². The summed E-state index contributed by atoms with van der Waals surface area (Å²) in [5, 5.41) is 0. The number of ether oxygens (including phenoxy) is 1. The highest BCUT2D eigenvalue weighted by Gasteiger charge is 2.60. The van der Waals surface area contributed by atoms with Gasteiger partial charge in [0.05, 0.1) is 11.8 Å². The molecule has 4 rings (SSSR count). The van der Waals surface area contributed by atoms with Crippen molar-refractivity contribution in [3.8, 4) is 0 Å². The Kier molecular flexibility index (Phi) is 4.44. The van der Waals surface area contributed by atoms with Crippen molar-refractivity contribution in [3.05, 3.63) is 47.0 Å². The van der Waals surface area contributed by atoms with Gasteiger partial charge in [0.15, 0.2) is 12.4 Å². The molecule has 28 heavy (non-hydrogen) atoms. The first kappa shape index (κ1) is 18.6. The summed E-state index contributed by atoms with van der Waals surface area (Å²) >= 11 is 0. The standard InChI is InChI=1S/C22H23NO5/c1-11-4-5-14(8-12(11)2)17(24)10-28-22(27)13(3)23-20(25)18-15-6-7-16(9-15)19(18)21(23)26/h4-8,13,15-16,18-19H,9-10H2,1-3H3/t13-,15-,16-,18-,19+/m0/s1. The van der Waals surface area contributed by atoms with Crippen LogP contribution in [0.15, 0.2) is 30.4 Å². The van der Waals surface area contributed by atoms with Crippen LogP contribution in [0.4, 0.5) is 0 Å². The molecule has 2 aliphatic carbocycles. The topological polar surface area (TPSA) is 80.8 Å². The second kappa shape index (κ2) is 6.69. The number of ketones is 1. The summed E-state index contributed by atoms with van der Waals surface area (Å²) in [6, 6.07) is 4.26. The van der Waals surface area contributed by atoms with E-state index in [1.807, 2.05) is 32.1 Å². The van der Waals surface area contributed by atoms with Gasteiger partial charge in [0.2, 0.25) is 11.8 Å². The normalized spacial score (nSPS) is 28.6. The predicted molar refractivity (Wildman–Crippen MR) is 100 cm³/mol. The molecule has 1 aromatic carbocycles. The number of Topliss-reactive ketones (excluding diaryl/α,β-unsaturated/α-hetero) is 1. The second-order valence-electron chi connectivity index (χ2n) is 8.05. The quantitative estimate of drug-likeness (QED) is 0.338. The number of benzene rings is 1. The van der Waals surface area contributed by atoms with Gasteiger partial charge in [0, 0.05) is 5.56 Å². The molecular weight excluding hydrogens is 358 g/mol. The molecule has 6 nitrogen and oxygen atoms in total. The molecule has 2 bridgehead atoms. The van der Waals surface area contributed by atoms with Crippen molar-refractivity contribution in [3.63, 3.8) is 0 Å². The van der Waals surface area contributed by atoms with Gasteiger partial charge in [-0.25, -0.2) is 4.79 Å². The number of esters is 1. The van der Waals surface area contributed by atoms with E-state index in [4.69, 9.17) is 4.74 Å². The highest BCUT2D eigenvalue weighted by molar-refractivity contribution is 6.09. The fourth-order valence-electron chi connectivity index (χ4n) is 4.67. The predicted octanol–water partition coefficient (Wildman–Crippen LogP) is 2.22. The number of fused-ring (bicyclic) bond motifs is 5. The number of aryl methyl sites for hydroxylation is 2. The number of allylic oxidation sites excluding steroid dienone is 2. The number of amides is 2. The summed E-state index contributed by atoms with van der Waals surface area (Å²) < 4.78 is 5.14. The van der Waals surface area contributed by atoms with Gasteiger partial charge in [-0.1, -0.05) is 24.3 Å². The zero-order valence-corrected chi connectivity index (χ0v) is 16.2. The number of hydrogen-bond acceptors (Lipinski definition) is 5. The minimum Gasteiger partial charge on any atom is -0.456 e. The van der Waals surface area contributed by atoms with Gasteiger partial charge < -0.3 is 4.74 Å². The monoisotopic (exact) mass is 381 g/mol. The smallest absolute Gasteiger partial charge is 0.329 e. The summed E-state index contributed by atoms with van der Waals surface area (Å²) in [7, 11) is 0. The Morgan fingerprint density at radius 2 is 1.68 bits per heavy atom. The Morgan fingerprint density at radius 1 is 1.07 bits per heavy atom. The maximum Gasteiger partial charge on any atom is 0.329 e. The van der Waals surface area contributed by atoms with E-state index in [1.165, 1.54) is 6.92 Å². The molecular formula is C22H23NO5. The number of hydrogen-bond donors (Lipinski definition) is 0. The highest BCUT2D eigenvalue weighted by Crippen LogP contribution is 2.52. The molecule has 1 heterocycles. The lowest BCUT2D eigenvalue weighted by Gasteiger charge is -2.23. The van der Waals surface area contributed by atoms with Crippen LogP contribution < -0.4 is 0 Å². The molecule has 6 heteroatoms. The molecule has 1 saturated carbocycles. The Balaban J connectivity index is 1.40. The van der Waals surface area contributed by atoms with Gasteiger partial charge in [0.25, 0.3) is 0 Å². The third-order valence-electron chi connectivity index (χ3n) is 6.41. The van der Waals surface area contributed by atoms with Crippen molar-refractivity contribution >= 4 is 23.6 Å². The summed E-state index contributed by atoms with van der Waals surface area (Å²) in [5.74, 6) is -2.17. The summed E-state index contributed by atoms with van der Waals surface area (Å²) in [4.78, 5) is 51.3. The first-order valence-corrected chi connectivity index (χ1v) is 9.62. The van der Waals surface area contributed by atoms with Crippen LogP contribution in [0.25, 0.3) is 0 Å². The van der Waals surface area contributed by atoms with Crippen LogP contribution in [0, 0.1) is 37.5 Å². The number of carbonyl (C=O) groups is 4. The van der Waals surface area contributed by atoms with Crippen LogP contribution in [-0.4, -0.2) is 41.1 Å². The molecule has 146 valence electrons. The molecule has 2 fully saturated rings. The van der Waals surface area contributed by atoms with E-state index in [9.17, 15) is 19.2 Å². The number of rotatable bonds is 5. The van der Waals surface area contributed by atoms with Crippen molar-refractivity contribution in [2.24, 2.45) is 23.7 Å². The number of likely N-dealkylation sites (tertiary alicyclic amines) is 1. The average Bonchev–Trinajstić information content (AvgIpc) is 3.35. The van der Waals surface area contributed by atoms with Gasteiger partial charge in [0.1, 0.15) is 6.04 Å². The largest absolute Gasteiger partial charge is 0.456 e. The van der Waals surface area contributed by atoms with Crippen molar-refractivity contribution in [2.45, 2.75) is 33.2 Å². The molecule has 0 unspecified atom stereocenters. The van der Waals surface area contributed by atoms with E-state index in [-0.39, 0.29) is 41.3 Å². The van der Waals surface area contributed by atoms with Gasteiger partial charge in [-0.05, 0) is 56.2 Å². The Bertz CT molecular complexity index is 888. The molecule has 2 amide bonds. The number of imide groups is 1. The number of nitrogens with zero attached hydrogens (tertiary/aromatic N) is 1. The number of carbonyl (C=O) groups excluding carboxylic acids is 4. The molecule has 0 N–H and O–H groups in total. The van der Waals surface area contributed by atoms with Crippen LogP contribution in [-0.2, 0) is 19.1 Å². The third kappa shape index (κ3) is 2.79. The third-order valence-corrected chi connectivity index (χ3v) is 6.41. The Morgan fingerprint density at radius 3 is 2.25 bits per heavy atom.